The van der Waals surface area contributed by atoms with Gasteiger partial charge in [-0.15, -0.1) is 0 Å². The number of carbonyl (C=O) groups is 1. The van der Waals surface area contributed by atoms with Gasteiger partial charge in [-0.25, -0.2) is 4.79 Å². The Morgan fingerprint density at radius 2 is 2.00 bits per heavy atom. The van der Waals surface area contributed by atoms with Crippen LogP contribution >= 0.6 is 0 Å². The zero-order valence-electron chi connectivity index (χ0n) is 14.2. The largest absolute Gasteiger partial charge is 0.368 e. The van der Waals surface area contributed by atoms with Gasteiger partial charge in [-0.2, -0.15) is 5.10 Å². The normalized spacial score (nSPS) is 18.9. The molecule has 2 aromatic rings. The van der Waals surface area contributed by atoms with Gasteiger partial charge in [0.15, 0.2) is 0 Å². The van der Waals surface area contributed by atoms with Gasteiger partial charge < -0.3 is 15.5 Å². The number of piperazine rings is 1. The molecule has 6 nitrogen and oxygen atoms in total. The molecule has 6 heteroatoms. The van der Waals surface area contributed by atoms with Crippen molar-refractivity contribution in [1.82, 2.24) is 14.7 Å². The van der Waals surface area contributed by atoms with Crippen LogP contribution in [0, 0.1) is 0 Å². The van der Waals surface area contributed by atoms with E-state index in [9.17, 15) is 4.79 Å². The maximum Gasteiger partial charge on any atom is 0.314 e. The molecule has 0 unspecified atom stereocenters. The van der Waals surface area contributed by atoms with Crippen LogP contribution in [0.5, 0.6) is 0 Å². The number of amides is 2. The summed E-state index contributed by atoms with van der Waals surface area (Å²) in [6.45, 7) is 5.20. The van der Waals surface area contributed by atoms with Gasteiger partial charge in [-0.1, -0.05) is 6.92 Å². The molecule has 1 saturated carbocycles. The molecule has 1 aromatic carbocycles. The highest BCUT2D eigenvalue weighted by Crippen LogP contribution is 2.36. The van der Waals surface area contributed by atoms with E-state index < -0.39 is 0 Å². The van der Waals surface area contributed by atoms with Crippen molar-refractivity contribution in [2.45, 2.75) is 38.6 Å². The molecule has 24 heavy (non-hydrogen) atoms. The number of urea groups is 1. The number of nitrogens with zero attached hydrogens (tertiary/aromatic N) is 4. The predicted octanol–water partition coefficient (Wildman–Crippen LogP) is 2.52. The first-order valence-electron chi connectivity index (χ1n) is 8.98. The Kier molecular flexibility index (Phi) is 3.82. The fourth-order valence-corrected chi connectivity index (χ4v) is 3.74. The topological polar surface area (TPSA) is 67.4 Å². The molecule has 1 saturated heterocycles. The molecule has 128 valence electrons. The molecule has 2 aliphatic rings. The number of fused-ring (bicyclic) bond motifs is 1. The van der Waals surface area contributed by atoms with Crippen molar-refractivity contribution in [2.75, 3.05) is 31.1 Å². The van der Waals surface area contributed by atoms with Crippen LogP contribution in [-0.2, 0) is 6.42 Å². The monoisotopic (exact) mass is 327 g/mol. The van der Waals surface area contributed by atoms with Gasteiger partial charge in [0.2, 0.25) is 0 Å². The highest BCUT2D eigenvalue weighted by Gasteiger charge is 2.24. The lowest BCUT2D eigenvalue weighted by Crippen LogP contribution is -2.50. The van der Waals surface area contributed by atoms with Gasteiger partial charge in [0.1, 0.15) is 0 Å². The minimum Gasteiger partial charge on any atom is -0.368 e. The molecule has 2 fully saturated rings. The van der Waals surface area contributed by atoms with Crippen LogP contribution in [-0.4, -0.2) is 46.9 Å². The third-order valence-corrected chi connectivity index (χ3v) is 5.48. The quantitative estimate of drug-likeness (QED) is 0.942. The van der Waals surface area contributed by atoms with E-state index in [1.807, 2.05) is 0 Å². The van der Waals surface area contributed by atoms with Gasteiger partial charge >= 0.3 is 6.03 Å². The van der Waals surface area contributed by atoms with Crippen molar-refractivity contribution in [3.63, 3.8) is 0 Å². The van der Waals surface area contributed by atoms with E-state index >= 15 is 0 Å². The first-order valence-corrected chi connectivity index (χ1v) is 8.98. The molecule has 2 amide bonds. The molecule has 0 radical (unpaired) electrons. The lowest BCUT2D eigenvalue weighted by Gasteiger charge is -2.35. The van der Waals surface area contributed by atoms with Gasteiger partial charge in [-0.3, -0.25) is 4.68 Å². The second kappa shape index (κ2) is 6.00. The van der Waals surface area contributed by atoms with E-state index in [4.69, 9.17) is 10.8 Å². The molecule has 1 aromatic heterocycles. The predicted molar refractivity (Wildman–Crippen MR) is 95.4 cm³/mol. The molecule has 0 atom stereocenters. The van der Waals surface area contributed by atoms with Crippen LogP contribution in [0.2, 0.25) is 0 Å². The molecular formula is C18H25N5O. The van der Waals surface area contributed by atoms with E-state index in [0.29, 0.717) is 19.1 Å². The number of hydrogen-bond acceptors (Lipinski definition) is 3. The number of nitrogens with two attached hydrogens (primary N) is 1. The van der Waals surface area contributed by atoms with Crippen LogP contribution in [0.25, 0.3) is 10.9 Å². The SMILES string of the molecule is CCc1nn(C2CCC2)c2cc(N3CCN(C(N)=O)CC3)ccc12. The van der Waals surface area contributed by atoms with Crippen LogP contribution in [0.3, 0.4) is 0 Å². The second-order valence-electron chi connectivity index (χ2n) is 6.84. The summed E-state index contributed by atoms with van der Waals surface area (Å²) in [4.78, 5) is 15.3. The number of primary amides is 1. The number of aromatic nitrogens is 2. The Morgan fingerprint density at radius 3 is 2.58 bits per heavy atom. The van der Waals surface area contributed by atoms with Crippen molar-refractivity contribution in [2.24, 2.45) is 5.73 Å². The van der Waals surface area contributed by atoms with Crippen molar-refractivity contribution in [3.8, 4) is 0 Å². The van der Waals surface area contributed by atoms with Crippen LogP contribution < -0.4 is 10.6 Å². The Balaban J connectivity index is 1.64. The van der Waals surface area contributed by atoms with Crippen molar-refractivity contribution < 1.29 is 4.79 Å². The average molecular weight is 327 g/mol. The smallest absolute Gasteiger partial charge is 0.314 e. The number of carbonyl (C=O) groups excluding carboxylic acids is 1. The summed E-state index contributed by atoms with van der Waals surface area (Å²) in [5, 5.41) is 6.16. The summed E-state index contributed by atoms with van der Waals surface area (Å²) in [5.74, 6) is 0. The van der Waals surface area contributed by atoms with Crippen LogP contribution in [0.15, 0.2) is 18.2 Å². The second-order valence-corrected chi connectivity index (χ2v) is 6.84. The van der Waals surface area contributed by atoms with Crippen LogP contribution in [0.1, 0.15) is 37.9 Å². The fraction of sp³-hybridized carbons (Fsp3) is 0.556. The third kappa shape index (κ3) is 2.50. The lowest BCUT2D eigenvalue weighted by atomic mass is 9.93. The Bertz CT molecular complexity index is 756. The number of aryl methyl sites for hydroxylation is 1. The lowest BCUT2D eigenvalue weighted by molar-refractivity contribution is 0.204. The maximum absolute atomic E-state index is 11.3. The standard InChI is InChI=1S/C18H25N5O/c1-2-16-15-7-6-14(21-8-10-22(11-9-21)18(19)24)12-17(15)23(20-16)13-4-3-5-13/h6-7,12-13H,2-5,8-11H2,1H3,(H2,19,24). The number of rotatable bonds is 3. The summed E-state index contributed by atoms with van der Waals surface area (Å²) in [5.41, 5.74) is 9.05. The minimum absolute atomic E-state index is 0.319. The van der Waals surface area contributed by atoms with E-state index in [1.165, 1.54) is 41.5 Å². The third-order valence-electron chi connectivity index (χ3n) is 5.48. The van der Waals surface area contributed by atoms with Gasteiger partial charge in [-0.05, 0) is 43.9 Å². The summed E-state index contributed by atoms with van der Waals surface area (Å²) in [7, 11) is 0. The highest BCUT2D eigenvalue weighted by molar-refractivity contribution is 5.85. The number of hydrogen-bond donors (Lipinski definition) is 1. The van der Waals surface area contributed by atoms with Crippen molar-refractivity contribution >= 4 is 22.6 Å². The fourth-order valence-electron chi connectivity index (χ4n) is 3.74. The molecule has 4 rings (SSSR count). The average Bonchev–Trinajstić information content (AvgIpc) is 2.91. The van der Waals surface area contributed by atoms with Gasteiger partial charge in [0.05, 0.1) is 17.3 Å². The maximum atomic E-state index is 11.3. The summed E-state index contributed by atoms with van der Waals surface area (Å²) >= 11 is 0. The molecule has 2 heterocycles. The zero-order valence-corrected chi connectivity index (χ0v) is 14.2. The summed E-state index contributed by atoms with van der Waals surface area (Å²) in [6, 6.07) is 6.93. The van der Waals surface area contributed by atoms with E-state index in [0.717, 1.165) is 19.5 Å². The number of benzene rings is 1. The van der Waals surface area contributed by atoms with Crippen LogP contribution in [0.4, 0.5) is 10.5 Å². The zero-order chi connectivity index (χ0) is 16.7. The van der Waals surface area contributed by atoms with Crippen molar-refractivity contribution in [1.29, 1.82) is 0 Å². The number of anilines is 1. The van der Waals surface area contributed by atoms with E-state index in [-0.39, 0.29) is 6.03 Å². The van der Waals surface area contributed by atoms with E-state index in [2.05, 4.69) is 34.7 Å². The first-order chi connectivity index (χ1) is 11.7. The first kappa shape index (κ1) is 15.3. The highest BCUT2D eigenvalue weighted by atomic mass is 16.2. The minimum atomic E-state index is -0.319. The molecular weight excluding hydrogens is 302 g/mol. The Morgan fingerprint density at radius 1 is 1.25 bits per heavy atom. The summed E-state index contributed by atoms with van der Waals surface area (Å²) in [6.07, 6.45) is 4.75. The van der Waals surface area contributed by atoms with Gasteiger partial charge in [0.25, 0.3) is 0 Å². The molecule has 1 aliphatic heterocycles. The molecule has 0 bridgehead atoms. The van der Waals surface area contributed by atoms with E-state index in [1.54, 1.807) is 4.90 Å². The Hall–Kier alpha value is -2.24. The van der Waals surface area contributed by atoms with Crippen molar-refractivity contribution in [3.05, 3.63) is 23.9 Å². The molecule has 1 aliphatic carbocycles. The molecule has 0 spiro atoms. The van der Waals surface area contributed by atoms with Gasteiger partial charge in [0, 0.05) is 37.3 Å². The summed E-state index contributed by atoms with van der Waals surface area (Å²) < 4.78 is 2.25. The Labute approximate surface area is 142 Å². The molecule has 2 N–H and O–H groups in total.